The van der Waals surface area contributed by atoms with Crippen molar-refractivity contribution in [3.05, 3.63) is 60.2 Å². The summed E-state index contributed by atoms with van der Waals surface area (Å²) in [5.41, 5.74) is 4.19. The van der Waals surface area contributed by atoms with Crippen LogP contribution in [0.2, 0.25) is 0 Å². The van der Waals surface area contributed by atoms with Crippen LogP contribution in [0.3, 0.4) is 0 Å². The van der Waals surface area contributed by atoms with Crippen molar-refractivity contribution in [1.29, 1.82) is 0 Å². The highest BCUT2D eigenvalue weighted by molar-refractivity contribution is 7.26. The molecule has 5 rings (SSSR count). The lowest BCUT2D eigenvalue weighted by molar-refractivity contribution is 0.596. The lowest BCUT2D eigenvalue weighted by atomic mass is 9.84. The van der Waals surface area contributed by atoms with Gasteiger partial charge < -0.3 is 4.57 Å². The van der Waals surface area contributed by atoms with Crippen LogP contribution in [0.25, 0.3) is 42.0 Å². The molecule has 5 aromatic rings. The van der Waals surface area contributed by atoms with Crippen molar-refractivity contribution in [2.45, 2.75) is 26.2 Å². The molecule has 0 atom stereocenters. The molecule has 124 valence electrons. The summed E-state index contributed by atoms with van der Waals surface area (Å²) in [6.45, 7) is 6.94. The number of hydrogen-bond acceptors (Lipinski definition) is 1. The van der Waals surface area contributed by atoms with E-state index in [1.165, 1.54) is 47.5 Å². The minimum atomic E-state index is 0.113. The van der Waals surface area contributed by atoms with Crippen molar-refractivity contribution in [1.82, 2.24) is 4.57 Å². The molecule has 0 saturated carbocycles. The predicted molar refractivity (Wildman–Crippen MR) is 112 cm³/mol. The van der Waals surface area contributed by atoms with E-state index in [2.05, 4.69) is 87.0 Å². The molecule has 0 aliphatic rings. The Balaban J connectivity index is 2.16. The first-order valence-electron chi connectivity index (χ1n) is 8.78. The molecule has 0 saturated heterocycles. The number of benzene rings is 3. The normalized spacial score (nSPS) is 12.8. The summed E-state index contributed by atoms with van der Waals surface area (Å²) in [7, 11) is 2.19. The number of fused-ring (bicyclic) bond motifs is 7. The molecule has 0 bridgehead atoms. The zero-order valence-corrected chi connectivity index (χ0v) is 15.9. The zero-order chi connectivity index (χ0) is 17.3. The third-order valence-corrected chi connectivity index (χ3v) is 6.48. The van der Waals surface area contributed by atoms with Crippen LogP contribution in [0.4, 0.5) is 0 Å². The Labute approximate surface area is 151 Å². The van der Waals surface area contributed by atoms with E-state index in [0.29, 0.717) is 0 Å². The standard InChI is InChI=1S/C23H21NS/c1-23(2,3)15-9-7-10-16-21(15)22-17(24(16)4)12-13-19-20(22)14-8-5-6-11-18(14)25-19/h5-13H,1-4H3. The number of nitrogens with zero attached hydrogens (tertiary/aromatic N) is 1. The van der Waals surface area contributed by atoms with Gasteiger partial charge in [-0.2, -0.15) is 0 Å². The van der Waals surface area contributed by atoms with Crippen LogP contribution in [0, 0.1) is 0 Å². The minimum Gasteiger partial charge on any atom is -0.344 e. The van der Waals surface area contributed by atoms with Crippen LogP contribution in [0.5, 0.6) is 0 Å². The van der Waals surface area contributed by atoms with Gasteiger partial charge >= 0.3 is 0 Å². The first-order valence-corrected chi connectivity index (χ1v) is 9.60. The van der Waals surface area contributed by atoms with Crippen molar-refractivity contribution in [2.75, 3.05) is 0 Å². The van der Waals surface area contributed by atoms with E-state index >= 15 is 0 Å². The van der Waals surface area contributed by atoms with Gasteiger partial charge in [-0.05, 0) is 35.2 Å². The van der Waals surface area contributed by atoms with E-state index in [1.54, 1.807) is 0 Å². The van der Waals surface area contributed by atoms with Gasteiger partial charge in [-0.1, -0.05) is 51.1 Å². The Hall–Kier alpha value is -2.32. The summed E-state index contributed by atoms with van der Waals surface area (Å²) in [5, 5.41) is 5.63. The van der Waals surface area contributed by atoms with Crippen molar-refractivity contribution >= 4 is 53.3 Å². The van der Waals surface area contributed by atoms with E-state index in [1.807, 2.05) is 11.3 Å². The van der Waals surface area contributed by atoms with Gasteiger partial charge in [0.2, 0.25) is 0 Å². The molecule has 0 radical (unpaired) electrons. The predicted octanol–water partition coefficient (Wildman–Crippen LogP) is 7.00. The van der Waals surface area contributed by atoms with Gasteiger partial charge in [-0.25, -0.2) is 0 Å². The van der Waals surface area contributed by atoms with Gasteiger partial charge in [-0.3, -0.25) is 0 Å². The second-order valence-electron chi connectivity index (χ2n) is 7.94. The molecule has 0 aliphatic heterocycles. The molecule has 25 heavy (non-hydrogen) atoms. The van der Waals surface area contributed by atoms with E-state index in [4.69, 9.17) is 0 Å². The summed E-state index contributed by atoms with van der Waals surface area (Å²) in [4.78, 5) is 0. The number of thiophene rings is 1. The van der Waals surface area contributed by atoms with Crippen molar-refractivity contribution in [2.24, 2.45) is 7.05 Å². The second kappa shape index (κ2) is 4.86. The SMILES string of the molecule is Cn1c2cccc(C(C)(C)C)c2c2c3c(ccc21)sc1ccccc13. The maximum atomic E-state index is 2.35. The third kappa shape index (κ3) is 1.95. The quantitative estimate of drug-likeness (QED) is 0.285. The van der Waals surface area contributed by atoms with Gasteiger partial charge in [0.05, 0.1) is 0 Å². The first-order chi connectivity index (χ1) is 12.0. The summed E-state index contributed by atoms with van der Waals surface area (Å²) in [6, 6.07) is 20.1. The van der Waals surface area contributed by atoms with Crippen LogP contribution >= 0.6 is 11.3 Å². The number of aromatic nitrogens is 1. The molecule has 0 N–H and O–H groups in total. The Kier molecular flexibility index (Phi) is 2.91. The third-order valence-electron chi connectivity index (χ3n) is 5.34. The average molecular weight is 343 g/mol. The van der Waals surface area contributed by atoms with Crippen LogP contribution in [0.1, 0.15) is 26.3 Å². The molecule has 0 fully saturated rings. The van der Waals surface area contributed by atoms with Crippen molar-refractivity contribution < 1.29 is 0 Å². The van der Waals surface area contributed by atoms with Gasteiger partial charge in [0.1, 0.15) is 0 Å². The fourth-order valence-corrected chi connectivity index (χ4v) is 5.29. The Bertz CT molecular complexity index is 1280. The molecule has 0 aliphatic carbocycles. The van der Waals surface area contributed by atoms with E-state index in [-0.39, 0.29) is 5.41 Å². The van der Waals surface area contributed by atoms with E-state index in [0.717, 1.165) is 0 Å². The highest BCUT2D eigenvalue weighted by atomic mass is 32.1. The second-order valence-corrected chi connectivity index (χ2v) is 9.02. The van der Waals surface area contributed by atoms with Crippen molar-refractivity contribution in [3.63, 3.8) is 0 Å². The molecule has 3 aromatic carbocycles. The average Bonchev–Trinajstić information content (AvgIpc) is 3.10. The van der Waals surface area contributed by atoms with Gasteiger partial charge in [-0.15, -0.1) is 11.3 Å². The topological polar surface area (TPSA) is 4.93 Å². The molecular formula is C23H21NS. The maximum absolute atomic E-state index is 2.35. The van der Waals surface area contributed by atoms with E-state index < -0.39 is 0 Å². The van der Waals surface area contributed by atoms with Crippen LogP contribution < -0.4 is 0 Å². The van der Waals surface area contributed by atoms with Crippen LogP contribution in [-0.2, 0) is 12.5 Å². The summed E-state index contributed by atoms with van der Waals surface area (Å²) in [6.07, 6.45) is 0. The van der Waals surface area contributed by atoms with Crippen LogP contribution in [0.15, 0.2) is 54.6 Å². The molecule has 1 nitrogen and oxygen atoms in total. The number of aryl methyl sites for hydroxylation is 1. The fourth-order valence-electron chi connectivity index (χ4n) is 4.18. The van der Waals surface area contributed by atoms with E-state index in [9.17, 15) is 0 Å². The van der Waals surface area contributed by atoms with Gasteiger partial charge in [0.25, 0.3) is 0 Å². The molecule has 2 heteroatoms. The highest BCUT2D eigenvalue weighted by Crippen LogP contribution is 2.44. The molecule has 0 spiro atoms. The lowest BCUT2D eigenvalue weighted by Gasteiger charge is -2.20. The number of hydrogen-bond donors (Lipinski definition) is 0. The number of rotatable bonds is 0. The molecular weight excluding hydrogens is 322 g/mol. The molecule has 2 aromatic heterocycles. The largest absolute Gasteiger partial charge is 0.344 e. The monoisotopic (exact) mass is 343 g/mol. The highest BCUT2D eigenvalue weighted by Gasteiger charge is 2.22. The summed E-state index contributed by atoms with van der Waals surface area (Å²) in [5.74, 6) is 0. The fraction of sp³-hybridized carbons (Fsp3) is 0.217. The Morgan fingerprint density at radius 1 is 0.720 bits per heavy atom. The van der Waals surface area contributed by atoms with Crippen LogP contribution in [-0.4, -0.2) is 4.57 Å². The molecule has 0 amide bonds. The van der Waals surface area contributed by atoms with Crippen molar-refractivity contribution in [3.8, 4) is 0 Å². The minimum absolute atomic E-state index is 0.113. The molecule has 0 unspecified atom stereocenters. The molecule has 2 heterocycles. The van der Waals surface area contributed by atoms with Gasteiger partial charge in [0, 0.05) is 49.0 Å². The summed E-state index contributed by atoms with van der Waals surface area (Å²) < 4.78 is 5.10. The smallest absolute Gasteiger partial charge is 0.0496 e. The Morgan fingerprint density at radius 3 is 2.28 bits per heavy atom. The summed E-state index contributed by atoms with van der Waals surface area (Å²) >= 11 is 1.90. The zero-order valence-electron chi connectivity index (χ0n) is 15.1. The Morgan fingerprint density at radius 2 is 1.48 bits per heavy atom. The lowest BCUT2D eigenvalue weighted by Crippen LogP contribution is -2.11. The maximum Gasteiger partial charge on any atom is 0.0496 e. The first kappa shape index (κ1) is 15.0. The van der Waals surface area contributed by atoms with Gasteiger partial charge in [0.15, 0.2) is 0 Å².